The van der Waals surface area contributed by atoms with E-state index in [4.69, 9.17) is 9.47 Å². The van der Waals surface area contributed by atoms with Crippen molar-refractivity contribution < 1.29 is 19.1 Å². The van der Waals surface area contributed by atoms with Gasteiger partial charge in [0.05, 0.1) is 6.04 Å². The first kappa shape index (κ1) is 20.6. The van der Waals surface area contributed by atoms with Crippen LogP contribution in [0.5, 0.6) is 5.75 Å². The van der Waals surface area contributed by atoms with E-state index in [0.717, 1.165) is 21.6 Å². The summed E-state index contributed by atoms with van der Waals surface area (Å²) in [7, 11) is 0. The van der Waals surface area contributed by atoms with Crippen molar-refractivity contribution in [3.63, 3.8) is 0 Å². The van der Waals surface area contributed by atoms with Crippen molar-refractivity contribution in [3.05, 3.63) is 87.6 Å². The maximum Gasteiger partial charge on any atom is 0.344 e. The summed E-state index contributed by atoms with van der Waals surface area (Å²) in [5, 5.41) is 4.89. The third kappa shape index (κ3) is 6.19. The first-order valence-electron chi connectivity index (χ1n) is 9.25. The van der Waals surface area contributed by atoms with Crippen LogP contribution in [0.4, 0.5) is 0 Å². The molecular formula is C23H23NO4S. The number of hydrogen-bond acceptors (Lipinski definition) is 5. The van der Waals surface area contributed by atoms with Crippen molar-refractivity contribution in [2.24, 2.45) is 0 Å². The topological polar surface area (TPSA) is 64.6 Å². The average molecular weight is 410 g/mol. The number of rotatable bonds is 8. The van der Waals surface area contributed by atoms with Crippen LogP contribution in [0.1, 0.15) is 27.6 Å². The molecular weight excluding hydrogens is 386 g/mol. The molecule has 3 rings (SSSR count). The molecule has 2 aromatic carbocycles. The lowest BCUT2D eigenvalue weighted by molar-refractivity contribution is -0.150. The molecule has 1 amide bonds. The highest BCUT2D eigenvalue weighted by Gasteiger charge is 2.18. The van der Waals surface area contributed by atoms with Gasteiger partial charge in [0.25, 0.3) is 5.91 Å². The lowest BCUT2D eigenvalue weighted by Gasteiger charge is -2.18. The van der Waals surface area contributed by atoms with E-state index in [-0.39, 0.29) is 25.2 Å². The minimum absolute atomic E-state index is 0.247. The zero-order valence-electron chi connectivity index (χ0n) is 16.4. The van der Waals surface area contributed by atoms with Gasteiger partial charge in [-0.15, -0.1) is 11.3 Å². The van der Waals surface area contributed by atoms with Gasteiger partial charge in [0.1, 0.15) is 5.75 Å². The summed E-state index contributed by atoms with van der Waals surface area (Å²) in [6, 6.07) is 19.0. The number of carbonyl (C=O) groups is 2. The van der Waals surface area contributed by atoms with E-state index in [0.29, 0.717) is 5.75 Å². The summed E-state index contributed by atoms with van der Waals surface area (Å²) in [5.74, 6) is -0.357. The van der Waals surface area contributed by atoms with Crippen molar-refractivity contribution in [3.8, 4) is 5.75 Å². The molecule has 0 aliphatic heterocycles. The predicted octanol–water partition coefficient (Wildman–Crippen LogP) is 4.19. The number of benzene rings is 2. The Balaban J connectivity index is 1.52. The minimum atomic E-state index is -0.591. The highest BCUT2D eigenvalue weighted by molar-refractivity contribution is 7.10. The Labute approximate surface area is 174 Å². The first-order chi connectivity index (χ1) is 14.0. The first-order valence-corrected chi connectivity index (χ1v) is 10.1. The normalized spacial score (nSPS) is 11.5. The van der Waals surface area contributed by atoms with Gasteiger partial charge in [0, 0.05) is 4.88 Å². The summed E-state index contributed by atoms with van der Waals surface area (Å²) < 4.78 is 10.5. The fraction of sp³-hybridized carbons (Fsp3) is 0.217. The molecule has 0 unspecified atom stereocenters. The van der Waals surface area contributed by atoms with Crippen LogP contribution >= 0.6 is 11.3 Å². The Morgan fingerprint density at radius 3 is 2.34 bits per heavy atom. The Morgan fingerprint density at radius 1 is 0.966 bits per heavy atom. The van der Waals surface area contributed by atoms with E-state index in [1.165, 1.54) is 0 Å². The SMILES string of the molecule is Cc1cc(C)cc(OCC(=O)OCC(=O)N[C@@H](c2ccccc2)c2cccs2)c1. The van der Waals surface area contributed by atoms with Crippen LogP contribution in [-0.4, -0.2) is 25.1 Å². The Hall–Kier alpha value is -3.12. The third-order valence-corrected chi connectivity index (χ3v) is 5.12. The third-order valence-electron chi connectivity index (χ3n) is 4.18. The molecule has 0 fully saturated rings. The zero-order valence-corrected chi connectivity index (χ0v) is 17.2. The summed E-state index contributed by atoms with van der Waals surface area (Å²) >= 11 is 1.56. The molecule has 0 bridgehead atoms. The summed E-state index contributed by atoms with van der Waals surface area (Å²) in [6.45, 7) is 3.31. The van der Waals surface area contributed by atoms with Gasteiger partial charge >= 0.3 is 5.97 Å². The highest BCUT2D eigenvalue weighted by atomic mass is 32.1. The van der Waals surface area contributed by atoms with Gasteiger partial charge in [0.15, 0.2) is 13.2 Å². The number of ether oxygens (including phenoxy) is 2. The van der Waals surface area contributed by atoms with E-state index in [9.17, 15) is 9.59 Å². The number of esters is 1. The second-order valence-corrected chi connectivity index (χ2v) is 7.68. The Morgan fingerprint density at radius 2 is 1.69 bits per heavy atom. The molecule has 0 saturated carbocycles. The lowest BCUT2D eigenvalue weighted by atomic mass is 10.1. The molecule has 0 aliphatic carbocycles. The maximum absolute atomic E-state index is 12.4. The standard InChI is InChI=1S/C23H23NO4S/c1-16-11-17(2)13-19(12-16)27-15-22(26)28-14-21(25)24-23(20-9-6-10-29-20)18-7-4-3-5-8-18/h3-13,23H,14-15H2,1-2H3,(H,24,25)/t23-/m0/s1. The van der Waals surface area contributed by atoms with Gasteiger partial charge in [-0.25, -0.2) is 4.79 Å². The van der Waals surface area contributed by atoms with E-state index in [1.807, 2.05) is 79.9 Å². The van der Waals surface area contributed by atoms with Crippen LogP contribution in [0.2, 0.25) is 0 Å². The molecule has 6 heteroatoms. The summed E-state index contributed by atoms with van der Waals surface area (Å²) in [6.07, 6.45) is 0. The molecule has 1 atom stereocenters. The van der Waals surface area contributed by atoms with Gasteiger partial charge in [-0.2, -0.15) is 0 Å². The van der Waals surface area contributed by atoms with Crippen molar-refractivity contribution in [1.29, 1.82) is 0 Å². The van der Waals surface area contributed by atoms with Gasteiger partial charge in [0.2, 0.25) is 0 Å². The molecule has 0 spiro atoms. The van der Waals surface area contributed by atoms with E-state index in [2.05, 4.69) is 5.32 Å². The van der Waals surface area contributed by atoms with E-state index >= 15 is 0 Å². The number of aryl methyl sites for hydroxylation is 2. The molecule has 0 radical (unpaired) electrons. The summed E-state index contributed by atoms with van der Waals surface area (Å²) in [4.78, 5) is 25.3. The molecule has 1 heterocycles. The second kappa shape index (κ2) is 9.89. The maximum atomic E-state index is 12.4. The molecule has 0 aliphatic rings. The van der Waals surface area contributed by atoms with Crippen molar-refractivity contribution in [2.45, 2.75) is 19.9 Å². The van der Waals surface area contributed by atoms with Crippen molar-refractivity contribution in [1.82, 2.24) is 5.32 Å². The number of amides is 1. The van der Waals surface area contributed by atoms with Gasteiger partial charge in [-0.3, -0.25) is 4.79 Å². The van der Waals surface area contributed by atoms with Crippen molar-refractivity contribution >= 4 is 23.2 Å². The highest BCUT2D eigenvalue weighted by Crippen LogP contribution is 2.25. The number of hydrogen-bond donors (Lipinski definition) is 1. The second-order valence-electron chi connectivity index (χ2n) is 6.70. The largest absolute Gasteiger partial charge is 0.482 e. The van der Waals surface area contributed by atoms with Gasteiger partial charge in [-0.05, 0) is 54.1 Å². The molecule has 150 valence electrons. The molecule has 5 nitrogen and oxygen atoms in total. The minimum Gasteiger partial charge on any atom is -0.482 e. The summed E-state index contributed by atoms with van der Waals surface area (Å²) in [5.41, 5.74) is 3.06. The van der Waals surface area contributed by atoms with Crippen molar-refractivity contribution in [2.75, 3.05) is 13.2 Å². The fourth-order valence-corrected chi connectivity index (χ4v) is 3.77. The number of thiophene rings is 1. The van der Waals surface area contributed by atoms with Gasteiger partial charge < -0.3 is 14.8 Å². The van der Waals surface area contributed by atoms with Crippen LogP contribution in [0, 0.1) is 13.8 Å². The zero-order chi connectivity index (χ0) is 20.6. The molecule has 1 aromatic heterocycles. The number of nitrogens with one attached hydrogen (secondary N) is 1. The smallest absolute Gasteiger partial charge is 0.344 e. The Bertz CT molecular complexity index is 934. The average Bonchev–Trinajstić information content (AvgIpc) is 3.23. The monoisotopic (exact) mass is 409 g/mol. The fourth-order valence-electron chi connectivity index (χ4n) is 2.97. The van der Waals surface area contributed by atoms with Crippen LogP contribution < -0.4 is 10.1 Å². The van der Waals surface area contributed by atoms with E-state index < -0.39 is 5.97 Å². The van der Waals surface area contributed by atoms with E-state index in [1.54, 1.807) is 11.3 Å². The van der Waals surface area contributed by atoms with Crippen LogP contribution in [-0.2, 0) is 14.3 Å². The predicted molar refractivity (Wildman–Crippen MR) is 113 cm³/mol. The Kier molecular flexibility index (Phi) is 7.03. The van der Waals surface area contributed by atoms with Crippen LogP contribution in [0.3, 0.4) is 0 Å². The molecule has 29 heavy (non-hydrogen) atoms. The molecule has 0 saturated heterocycles. The molecule has 1 N–H and O–H groups in total. The number of carbonyl (C=O) groups excluding carboxylic acids is 2. The quantitative estimate of drug-likeness (QED) is 0.567. The van der Waals surface area contributed by atoms with Gasteiger partial charge in [-0.1, -0.05) is 42.5 Å². The van der Waals surface area contributed by atoms with Crippen LogP contribution in [0.15, 0.2) is 66.0 Å². The molecule has 3 aromatic rings. The van der Waals surface area contributed by atoms with Crippen LogP contribution in [0.25, 0.3) is 0 Å². The lowest BCUT2D eigenvalue weighted by Crippen LogP contribution is -2.33.